The van der Waals surface area contributed by atoms with Crippen molar-refractivity contribution in [2.45, 2.75) is 25.7 Å². The molecule has 2 atom stereocenters. The number of rotatable bonds is 1. The van der Waals surface area contributed by atoms with Crippen LogP contribution in [-0.4, -0.2) is 0 Å². The van der Waals surface area contributed by atoms with Crippen molar-refractivity contribution in [3.63, 3.8) is 0 Å². The molecule has 0 bridgehead atoms. The quantitative estimate of drug-likeness (QED) is 0.730. The van der Waals surface area contributed by atoms with Crippen LogP contribution in [0, 0.1) is 11.8 Å². The first-order chi connectivity index (χ1) is 13.9. The second-order valence-corrected chi connectivity index (χ2v) is 8.31. The van der Waals surface area contributed by atoms with Gasteiger partial charge in [0.1, 0.15) is 0 Å². The average molecular weight is 361 g/mol. The van der Waals surface area contributed by atoms with E-state index in [4.69, 9.17) is 0 Å². The van der Waals surface area contributed by atoms with Gasteiger partial charge in [-0.15, -0.1) is 0 Å². The van der Waals surface area contributed by atoms with Crippen molar-refractivity contribution in [2.75, 3.05) is 0 Å². The Balaban J connectivity index is 1.70. The summed E-state index contributed by atoms with van der Waals surface area (Å²) in [6.07, 6.45) is 19.2. The van der Waals surface area contributed by atoms with Gasteiger partial charge in [-0.25, -0.2) is 0 Å². The summed E-state index contributed by atoms with van der Waals surface area (Å²) >= 11 is 0. The third kappa shape index (κ3) is 2.37. The largest absolute Gasteiger partial charge is 0.0839 e. The fourth-order valence-corrected chi connectivity index (χ4v) is 5.57. The highest BCUT2D eigenvalue weighted by Gasteiger charge is 2.32. The second-order valence-electron chi connectivity index (χ2n) is 8.31. The molecular formula is C28H24. The summed E-state index contributed by atoms with van der Waals surface area (Å²) in [5, 5.41) is 5.67. The van der Waals surface area contributed by atoms with Crippen molar-refractivity contribution >= 4 is 23.3 Å². The molecule has 0 aliphatic heterocycles. The van der Waals surface area contributed by atoms with Crippen LogP contribution in [0.1, 0.15) is 25.7 Å². The molecule has 0 radical (unpaired) electrons. The van der Waals surface area contributed by atoms with Gasteiger partial charge >= 0.3 is 0 Å². The van der Waals surface area contributed by atoms with Gasteiger partial charge in [-0.3, -0.25) is 0 Å². The zero-order chi connectivity index (χ0) is 18.5. The Morgan fingerprint density at radius 1 is 0.714 bits per heavy atom. The van der Waals surface area contributed by atoms with Crippen LogP contribution in [0.2, 0.25) is 0 Å². The lowest BCUT2D eigenvalue weighted by atomic mass is 9.68. The van der Waals surface area contributed by atoms with E-state index in [0.29, 0.717) is 11.8 Å². The Kier molecular flexibility index (Phi) is 3.65. The van der Waals surface area contributed by atoms with Crippen molar-refractivity contribution in [1.82, 2.24) is 0 Å². The Bertz CT molecular complexity index is 1310. The van der Waals surface area contributed by atoms with Gasteiger partial charge in [-0.05, 0) is 68.9 Å². The summed E-state index contributed by atoms with van der Waals surface area (Å²) in [4.78, 5) is 0. The molecule has 2 aromatic carbocycles. The third-order valence-electron chi connectivity index (χ3n) is 6.81. The Labute approximate surface area is 165 Å². The number of fused-ring (bicyclic) bond motifs is 4. The van der Waals surface area contributed by atoms with E-state index in [-0.39, 0.29) is 0 Å². The molecule has 0 amide bonds. The van der Waals surface area contributed by atoms with Gasteiger partial charge in [0.15, 0.2) is 0 Å². The minimum atomic E-state index is 0.442. The van der Waals surface area contributed by atoms with E-state index in [1.807, 2.05) is 0 Å². The lowest BCUT2D eigenvalue weighted by Crippen LogP contribution is -2.40. The summed E-state index contributed by atoms with van der Waals surface area (Å²) in [7, 11) is 0. The minimum Gasteiger partial charge on any atom is -0.0839 e. The van der Waals surface area contributed by atoms with Crippen LogP contribution in [0.5, 0.6) is 0 Å². The first-order valence-electron chi connectivity index (χ1n) is 10.6. The first-order valence-corrected chi connectivity index (χ1v) is 10.6. The Hall–Kier alpha value is -2.86. The molecule has 0 nitrogen and oxygen atoms in total. The molecule has 4 aliphatic rings. The number of allylic oxidation sites excluding steroid dienone is 6. The molecule has 4 aliphatic carbocycles. The minimum absolute atomic E-state index is 0.442. The molecule has 2 unspecified atom stereocenters. The Morgan fingerprint density at radius 3 is 2.46 bits per heavy atom. The summed E-state index contributed by atoms with van der Waals surface area (Å²) in [6, 6.07) is 18.0. The van der Waals surface area contributed by atoms with Gasteiger partial charge in [0.25, 0.3) is 0 Å². The summed E-state index contributed by atoms with van der Waals surface area (Å²) < 4.78 is 0. The van der Waals surface area contributed by atoms with Crippen molar-refractivity contribution in [1.29, 1.82) is 0 Å². The maximum absolute atomic E-state index is 2.53. The molecule has 0 saturated carbocycles. The lowest BCUT2D eigenvalue weighted by molar-refractivity contribution is 0.661. The fraction of sp³-hybridized carbons (Fsp3) is 0.214. The van der Waals surface area contributed by atoms with Crippen LogP contribution in [0.4, 0.5) is 0 Å². The molecule has 0 N–H and O–H groups in total. The molecule has 6 rings (SSSR count). The van der Waals surface area contributed by atoms with Crippen molar-refractivity contribution in [3.05, 3.63) is 105 Å². The standard InChI is InChI=1S/C28H24/c1-4-12-22-19(8-1)11-7-15-25(22)28-24-14-6-3-10-21(24)18-27-23-13-5-2-9-20(23)16-17-26(27)28/h1,3-6,8,10-14,16-18,26-27H,2,7,9,15H2. The topological polar surface area (TPSA) is 0 Å². The van der Waals surface area contributed by atoms with Gasteiger partial charge in [0.05, 0.1) is 0 Å². The highest BCUT2D eigenvalue weighted by atomic mass is 14.4. The van der Waals surface area contributed by atoms with Crippen molar-refractivity contribution in [3.8, 4) is 0 Å². The summed E-state index contributed by atoms with van der Waals surface area (Å²) in [6.45, 7) is 0. The molecule has 0 heteroatoms. The van der Waals surface area contributed by atoms with Crippen molar-refractivity contribution in [2.24, 2.45) is 11.8 Å². The maximum atomic E-state index is 2.53. The second kappa shape index (κ2) is 6.34. The van der Waals surface area contributed by atoms with Gasteiger partial charge in [0, 0.05) is 11.8 Å². The molecule has 0 aromatic heterocycles. The van der Waals surface area contributed by atoms with Crippen LogP contribution in [-0.2, 0) is 0 Å². The van der Waals surface area contributed by atoms with E-state index in [2.05, 4.69) is 85.0 Å². The Morgan fingerprint density at radius 2 is 1.54 bits per heavy atom. The zero-order valence-corrected chi connectivity index (χ0v) is 16.1. The van der Waals surface area contributed by atoms with Gasteiger partial charge in [-0.2, -0.15) is 0 Å². The van der Waals surface area contributed by atoms with Crippen LogP contribution in [0.15, 0.2) is 84.0 Å². The highest BCUT2D eigenvalue weighted by molar-refractivity contribution is 5.93. The van der Waals surface area contributed by atoms with E-state index in [1.165, 1.54) is 33.7 Å². The first kappa shape index (κ1) is 16.1. The monoisotopic (exact) mass is 360 g/mol. The SMILES string of the molecule is C1=CC2=C(C=CC3C(C4=c5ccccc5=CCC4)=c4ccccc4=CC23)CC1. The number of benzene rings is 2. The highest BCUT2D eigenvalue weighted by Crippen LogP contribution is 2.43. The van der Waals surface area contributed by atoms with E-state index < -0.39 is 0 Å². The van der Waals surface area contributed by atoms with Crippen LogP contribution in [0.25, 0.3) is 23.3 Å². The van der Waals surface area contributed by atoms with E-state index in [9.17, 15) is 0 Å². The molecule has 28 heavy (non-hydrogen) atoms. The van der Waals surface area contributed by atoms with Crippen LogP contribution >= 0.6 is 0 Å². The predicted molar refractivity (Wildman–Crippen MR) is 118 cm³/mol. The van der Waals surface area contributed by atoms with Crippen LogP contribution < -0.4 is 20.9 Å². The number of hydrogen-bond donors (Lipinski definition) is 0. The predicted octanol–water partition coefficient (Wildman–Crippen LogP) is 3.51. The van der Waals surface area contributed by atoms with E-state index in [1.54, 1.807) is 22.3 Å². The summed E-state index contributed by atoms with van der Waals surface area (Å²) in [5.41, 5.74) is 6.20. The van der Waals surface area contributed by atoms with E-state index in [0.717, 1.165) is 12.8 Å². The molecular weight excluding hydrogens is 336 g/mol. The van der Waals surface area contributed by atoms with E-state index >= 15 is 0 Å². The van der Waals surface area contributed by atoms with Gasteiger partial charge in [-0.1, -0.05) is 85.0 Å². The third-order valence-corrected chi connectivity index (χ3v) is 6.81. The smallest absolute Gasteiger partial charge is 0.0134 e. The molecule has 0 spiro atoms. The maximum Gasteiger partial charge on any atom is 0.0134 e. The van der Waals surface area contributed by atoms with Crippen molar-refractivity contribution < 1.29 is 0 Å². The molecule has 136 valence electrons. The van der Waals surface area contributed by atoms with Gasteiger partial charge in [0.2, 0.25) is 0 Å². The zero-order valence-electron chi connectivity index (χ0n) is 16.1. The van der Waals surface area contributed by atoms with Crippen LogP contribution in [0.3, 0.4) is 0 Å². The normalized spacial score (nSPS) is 24.6. The fourth-order valence-electron chi connectivity index (χ4n) is 5.57. The average Bonchev–Trinajstić information content (AvgIpc) is 2.77. The molecule has 0 heterocycles. The van der Waals surface area contributed by atoms with Gasteiger partial charge < -0.3 is 0 Å². The number of hydrogen-bond acceptors (Lipinski definition) is 0. The molecule has 2 aromatic rings. The molecule has 0 saturated heterocycles. The molecule has 0 fully saturated rings. The summed E-state index contributed by atoms with van der Waals surface area (Å²) in [5.74, 6) is 0.907. The lowest BCUT2D eigenvalue weighted by Gasteiger charge is -2.35.